The van der Waals surface area contributed by atoms with Crippen LogP contribution in [-0.4, -0.2) is 48.1 Å². The van der Waals surface area contributed by atoms with Gasteiger partial charge in [0.05, 0.1) is 6.54 Å². The highest BCUT2D eigenvalue weighted by molar-refractivity contribution is 5.87. The standard InChI is InChI=1S/C19H26N2O4/c1-19(2,3)25-18(23)21-12-14-8-6-9-16(15(14)13-21)24-11-7-10-17(22)20(4)5/h6-10H,11-13H2,1-5H3. The topological polar surface area (TPSA) is 59.1 Å². The Bertz CT molecular complexity index is 674. The summed E-state index contributed by atoms with van der Waals surface area (Å²) in [4.78, 5) is 26.9. The van der Waals surface area contributed by atoms with Gasteiger partial charge in [-0.2, -0.15) is 0 Å². The highest BCUT2D eigenvalue weighted by atomic mass is 16.6. The molecule has 1 heterocycles. The Balaban J connectivity index is 1.99. The summed E-state index contributed by atoms with van der Waals surface area (Å²) < 4.78 is 11.2. The molecule has 136 valence electrons. The summed E-state index contributed by atoms with van der Waals surface area (Å²) in [6, 6.07) is 5.76. The number of ether oxygens (including phenoxy) is 2. The van der Waals surface area contributed by atoms with Gasteiger partial charge in [-0.3, -0.25) is 9.69 Å². The second-order valence-corrected chi connectivity index (χ2v) is 7.18. The Hall–Kier alpha value is -2.50. The lowest BCUT2D eigenvalue weighted by molar-refractivity contribution is -0.123. The molecule has 0 bridgehead atoms. The lowest BCUT2D eigenvalue weighted by Crippen LogP contribution is -2.33. The quantitative estimate of drug-likeness (QED) is 0.787. The third-order valence-corrected chi connectivity index (χ3v) is 3.63. The first kappa shape index (κ1) is 18.8. The molecule has 0 radical (unpaired) electrons. The van der Waals surface area contributed by atoms with Crippen LogP contribution in [0.2, 0.25) is 0 Å². The van der Waals surface area contributed by atoms with Crippen LogP contribution in [0.5, 0.6) is 5.75 Å². The Morgan fingerprint density at radius 2 is 1.96 bits per heavy atom. The van der Waals surface area contributed by atoms with Gasteiger partial charge in [0.15, 0.2) is 0 Å². The molecular weight excluding hydrogens is 320 g/mol. The second-order valence-electron chi connectivity index (χ2n) is 7.18. The normalized spacial score (nSPS) is 13.7. The van der Waals surface area contributed by atoms with Gasteiger partial charge >= 0.3 is 6.09 Å². The minimum atomic E-state index is -0.519. The lowest BCUT2D eigenvalue weighted by atomic mass is 10.1. The highest BCUT2D eigenvalue weighted by Crippen LogP contribution is 2.31. The van der Waals surface area contributed by atoms with Crippen LogP contribution < -0.4 is 4.74 Å². The minimum absolute atomic E-state index is 0.0852. The highest BCUT2D eigenvalue weighted by Gasteiger charge is 2.29. The van der Waals surface area contributed by atoms with Crippen LogP contribution in [0.15, 0.2) is 30.4 Å². The lowest BCUT2D eigenvalue weighted by Gasteiger charge is -2.24. The van der Waals surface area contributed by atoms with Crippen molar-refractivity contribution >= 4 is 12.0 Å². The second kappa shape index (κ2) is 7.59. The van der Waals surface area contributed by atoms with E-state index in [1.807, 2.05) is 39.0 Å². The fraction of sp³-hybridized carbons (Fsp3) is 0.474. The van der Waals surface area contributed by atoms with Crippen LogP contribution in [0.3, 0.4) is 0 Å². The van der Waals surface area contributed by atoms with Gasteiger partial charge in [-0.25, -0.2) is 4.79 Å². The molecule has 1 aromatic rings. The number of rotatable bonds is 4. The zero-order valence-electron chi connectivity index (χ0n) is 15.5. The molecule has 1 aliphatic rings. The maximum Gasteiger partial charge on any atom is 0.410 e. The molecule has 1 aromatic carbocycles. The Labute approximate surface area is 149 Å². The zero-order valence-corrected chi connectivity index (χ0v) is 15.5. The zero-order chi connectivity index (χ0) is 18.6. The van der Waals surface area contributed by atoms with E-state index in [0.717, 1.165) is 16.9 Å². The number of carbonyl (C=O) groups excluding carboxylic acids is 2. The monoisotopic (exact) mass is 346 g/mol. The third kappa shape index (κ3) is 5.24. The van der Waals surface area contributed by atoms with Gasteiger partial charge in [0.25, 0.3) is 0 Å². The molecule has 0 atom stereocenters. The molecular formula is C19H26N2O4. The number of hydrogen-bond acceptors (Lipinski definition) is 4. The SMILES string of the molecule is CN(C)C(=O)C=CCOc1cccc2c1CN(C(=O)OC(C)(C)C)C2. The third-order valence-electron chi connectivity index (χ3n) is 3.63. The summed E-state index contributed by atoms with van der Waals surface area (Å²) in [6.07, 6.45) is 2.84. The molecule has 0 aliphatic carbocycles. The first-order chi connectivity index (χ1) is 11.7. The summed E-state index contributed by atoms with van der Waals surface area (Å²) in [5.41, 5.74) is 1.52. The van der Waals surface area contributed by atoms with E-state index in [0.29, 0.717) is 19.7 Å². The van der Waals surface area contributed by atoms with Crippen molar-refractivity contribution in [1.29, 1.82) is 0 Å². The largest absolute Gasteiger partial charge is 0.489 e. The maximum atomic E-state index is 12.2. The van der Waals surface area contributed by atoms with Crippen LogP contribution in [-0.2, 0) is 22.6 Å². The fourth-order valence-electron chi connectivity index (χ4n) is 2.42. The first-order valence-corrected chi connectivity index (χ1v) is 8.26. The number of carbonyl (C=O) groups is 2. The maximum absolute atomic E-state index is 12.2. The van der Waals surface area contributed by atoms with E-state index in [4.69, 9.17) is 9.47 Å². The van der Waals surface area contributed by atoms with Crippen molar-refractivity contribution in [2.45, 2.75) is 39.5 Å². The van der Waals surface area contributed by atoms with E-state index in [9.17, 15) is 9.59 Å². The van der Waals surface area contributed by atoms with Gasteiger partial charge in [0.1, 0.15) is 18.0 Å². The summed E-state index contributed by atoms with van der Waals surface area (Å²) in [5, 5.41) is 0. The molecule has 2 amide bonds. The number of hydrogen-bond donors (Lipinski definition) is 0. The summed E-state index contributed by atoms with van der Waals surface area (Å²) in [6.45, 7) is 6.82. The van der Waals surface area contributed by atoms with Crippen molar-refractivity contribution in [3.8, 4) is 5.75 Å². The summed E-state index contributed by atoms with van der Waals surface area (Å²) >= 11 is 0. The van der Waals surface area contributed by atoms with Crippen molar-refractivity contribution < 1.29 is 19.1 Å². The van der Waals surface area contributed by atoms with Gasteiger partial charge in [-0.05, 0) is 38.5 Å². The van der Waals surface area contributed by atoms with Crippen LogP contribution >= 0.6 is 0 Å². The summed E-state index contributed by atoms with van der Waals surface area (Å²) in [5.74, 6) is 0.642. The predicted octanol–water partition coefficient (Wildman–Crippen LogP) is 2.96. The van der Waals surface area contributed by atoms with E-state index >= 15 is 0 Å². The van der Waals surface area contributed by atoms with Gasteiger partial charge in [0.2, 0.25) is 5.91 Å². The van der Waals surface area contributed by atoms with E-state index in [1.54, 1.807) is 25.1 Å². The predicted molar refractivity (Wildman–Crippen MR) is 95.3 cm³/mol. The fourth-order valence-corrected chi connectivity index (χ4v) is 2.42. The molecule has 25 heavy (non-hydrogen) atoms. The van der Waals surface area contributed by atoms with Crippen molar-refractivity contribution in [2.75, 3.05) is 20.7 Å². The molecule has 2 rings (SSSR count). The van der Waals surface area contributed by atoms with E-state index in [2.05, 4.69) is 0 Å². The molecule has 0 aromatic heterocycles. The van der Waals surface area contributed by atoms with E-state index in [1.165, 1.54) is 11.0 Å². The van der Waals surface area contributed by atoms with Crippen LogP contribution in [0.1, 0.15) is 31.9 Å². The first-order valence-electron chi connectivity index (χ1n) is 8.26. The molecule has 0 fully saturated rings. The van der Waals surface area contributed by atoms with Gasteiger partial charge in [-0.1, -0.05) is 12.1 Å². The van der Waals surface area contributed by atoms with Crippen LogP contribution in [0, 0.1) is 0 Å². The summed E-state index contributed by atoms with van der Waals surface area (Å²) in [7, 11) is 3.39. The number of fused-ring (bicyclic) bond motifs is 1. The molecule has 0 N–H and O–H groups in total. The molecule has 1 aliphatic heterocycles. The van der Waals surface area contributed by atoms with Crippen LogP contribution in [0.4, 0.5) is 4.79 Å². The molecule has 0 saturated carbocycles. The molecule has 6 heteroatoms. The average Bonchev–Trinajstić information content (AvgIpc) is 2.94. The van der Waals surface area contributed by atoms with Gasteiger partial charge in [0, 0.05) is 32.3 Å². The van der Waals surface area contributed by atoms with Gasteiger partial charge in [-0.15, -0.1) is 0 Å². The Morgan fingerprint density at radius 1 is 1.24 bits per heavy atom. The van der Waals surface area contributed by atoms with Crippen molar-refractivity contribution in [2.24, 2.45) is 0 Å². The van der Waals surface area contributed by atoms with E-state index < -0.39 is 5.60 Å². The molecule has 0 unspecified atom stereocenters. The minimum Gasteiger partial charge on any atom is -0.489 e. The molecule has 0 spiro atoms. The van der Waals surface area contributed by atoms with Crippen molar-refractivity contribution in [1.82, 2.24) is 9.80 Å². The molecule has 0 saturated heterocycles. The average molecular weight is 346 g/mol. The Morgan fingerprint density at radius 3 is 2.60 bits per heavy atom. The molecule has 6 nitrogen and oxygen atoms in total. The number of benzene rings is 1. The smallest absolute Gasteiger partial charge is 0.410 e. The van der Waals surface area contributed by atoms with Crippen molar-refractivity contribution in [3.05, 3.63) is 41.5 Å². The van der Waals surface area contributed by atoms with Crippen LogP contribution in [0.25, 0.3) is 0 Å². The Kier molecular flexibility index (Phi) is 5.72. The van der Waals surface area contributed by atoms with E-state index in [-0.39, 0.29) is 12.0 Å². The number of amides is 2. The number of likely N-dealkylation sites (N-methyl/N-ethyl adjacent to an activating group) is 1. The van der Waals surface area contributed by atoms with Crippen molar-refractivity contribution in [3.63, 3.8) is 0 Å². The van der Waals surface area contributed by atoms with Gasteiger partial charge < -0.3 is 14.4 Å². The number of nitrogens with zero attached hydrogens (tertiary/aromatic N) is 2.